The molecule has 3 atom stereocenters. The van der Waals surface area contributed by atoms with Crippen LogP contribution in [0.3, 0.4) is 0 Å². The molecule has 0 aromatic heterocycles. The molecule has 3 nitrogen and oxygen atoms in total. The largest absolute Gasteiger partial charge is 0.390 e. The average Bonchev–Trinajstić information content (AvgIpc) is 2.29. The number of piperidine rings is 1. The first kappa shape index (κ1) is 11.4. The third kappa shape index (κ3) is 2.71. The van der Waals surface area contributed by atoms with Crippen molar-refractivity contribution < 1.29 is 5.11 Å². The van der Waals surface area contributed by atoms with Crippen LogP contribution in [0, 0.1) is 5.92 Å². The summed E-state index contributed by atoms with van der Waals surface area (Å²) in [6.45, 7) is 2.35. The molecule has 3 unspecified atom stereocenters. The molecule has 88 valence electrons. The highest BCUT2D eigenvalue weighted by Crippen LogP contribution is 2.35. The number of hydrogen-bond acceptors (Lipinski definition) is 3. The number of likely N-dealkylation sites (tertiary alicyclic amines) is 1. The summed E-state index contributed by atoms with van der Waals surface area (Å²) in [4.78, 5) is 2.49. The Balaban J connectivity index is 1.91. The van der Waals surface area contributed by atoms with Gasteiger partial charge in [-0.2, -0.15) is 0 Å². The van der Waals surface area contributed by atoms with E-state index < -0.39 is 0 Å². The molecule has 1 saturated carbocycles. The van der Waals surface area contributed by atoms with Gasteiger partial charge in [-0.3, -0.25) is 4.90 Å². The van der Waals surface area contributed by atoms with Crippen LogP contribution in [0.5, 0.6) is 0 Å². The van der Waals surface area contributed by atoms with Crippen molar-refractivity contribution >= 4 is 0 Å². The third-order valence-corrected chi connectivity index (χ3v) is 4.08. The topological polar surface area (TPSA) is 49.5 Å². The maximum Gasteiger partial charge on any atom is 0.0789 e. The highest BCUT2D eigenvalue weighted by atomic mass is 16.3. The van der Waals surface area contributed by atoms with E-state index in [9.17, 15) is 5.11 Å². The van der Waals surface area contributed by atoms with Crippen LogP contribution in [0.4, 0.5) is 0 Å². The summed E-state index contributed by atoms with van der Waals surface area (Å²) in [6, 6.07) is 0.744. The number of β-amino-alcohol motifs (C(OH)–C–C–N with tert-alkyl or cyclic N) is 1. The quantitative estimate of drug-likeness (QED) is 0.732. The van der Waals surface area contributed by atoms with E-state index in [2.05, 4.69) is 4.90 Å². The summed E-state index contributed by atoms with van der Waals surface area (Å²) < 4.78 is 0. The summed E-state index contributed by atoms with van der Waals surface area (Å²) in [5.41, 5.74) is 5.48. The standard InChI is InChI=1S/C12H24N2O/c13-8-11(15)9-14-7-3-5-10-4-1-2-6-12(10)14/h10-12,15H,1-9,13H2. The van der Waals surface area contributed by atoms with Gasteiger partial charge in [0.2, 0.25) is 0 Å². The lowest BCUT2D eigenvalue weighted by atomic mass is 9.78. The van der Waals surface area contributed by atoms with Crippen LogP contribution in [0.2, 0.25) is 0 Å². The Labute approximate surface area is 92.6 Å². The Bertz CT molecular complexity index is 196. The second kappa shape index (κ2) is 5.28. The van der Waals surface area contributed by atoms with Gasteiger partial charge in [-0.25, -0.2) is 0 Å². The lowest BCUT2D eigenvalue weighted by Gasteiger charge is -2.44. The molecule has 0 radical (unpaired) electrons. The van der Waals surface area contributed by atoms with Crippen molar-refractivity contribution in [3.8, 4) is 0 Å². The molecule has 0 spiro atoms. The van der Waals surface area contributed by atoms with Gasteiger partial charge in [-0.15, -0.1) is 0 Å². The first-order valence-electron chi connectivity index (χ1n) is 6.43. The molecule has 0 bridgehead atoms. The second-order valence-corrected chi connectivity index (χ2v) is 5.14. The Morgan fingerprint density at radius 2 is 1.93 bits per heavy atom. The number of nitrogens with zero attached hydrogens (tertiary/aromatic N) is 1. The van der Waals surface area contributed by atoms with Crippen LogP contribution < -0.4 is 5.73 Å². The van der Waals surface area contributed by atoms with Gasteiger partial charge in [0.05, 0.1) is 6.10 Å². The molecule has 1 aliphatic carbocycles. The number of aliphatic hydroxyl groups is 1. The smallest absolute Gasteiger partial charge is 0.0789 e. The fraction of sp³-hybridized carbons (Fsp3) is 1.00. The highest BCUT2D eigenvalue weighted by Gasteiger charge is 2.33. The van der Waals surface area contributed by atoms with Gasteiger partial charge in [0.1, 0.15) is 0 Å². The van der Waals surface area contributed by atoms with Crippen LogP contribution in [0.15, 0.2) is 0 Å². The predicted octanol–water partition coefficient (Wildman–Crippen LogP) is 0.961. The van der Waals surface area contributed by atoms with Gasteiger partial charge in [-0.1, -0.05) is 12.8 Å². The Morgan fingerprint density at radius 3 is 2.73 bits per heavy atom. The van der Waals surface area contributed by atoms with Crippen molar-refractivity contribution in [1.82, 2.24) is 4.90 Å². The number of nitrogens with two attached hydrogens (primary N) is 1. The molecular weight excluding hydrogens is 188 g/mol. The van der Waals surface area contributed by atoms with Crippen LogP contribution >= 0.6 is 0 Å². The minimum absolute atomic E-state index is 0.328. The summed E-state index contributed by atoms with van der Waals surface area (Å²) in [6.07, 6.45) is 7.90. The Hall–Kier alpha value is -0.120. The van der Waals surface area contributed by atoms with Crippen molar-refractivity contribution in [2.24, 2.45) is 11.7 Å². The molecule has 0 aromatic rings. The van der Waals surface area contributed by atoms with Crippen LogP contribution in [-0.4, -0.2) is 41.8 Å². The summed E-state index contributed by atoms with van der Waals surface area (Å²) >= 11 is 0. The summed E-state index contributed by atoms with van der Waals surface area (Å²) in [7, 11) is 0. The van der Waals surface area contributed by atoms with Crippen molar-refractivity contribution in [2.75, 3.05) is 19.6 Å². The Kier molecular flexibility index (Phi) is 4.00. The molecule has 3 N–H and O–H groups in total. The van der Waals surface area contributed by atoms with E-state index in [-0.39, 0.29) is 6.10 Å². The van der Waals surface area contributed by atoms with Crippen LogP contribution in [0.1, 0.15) is 38.5 Å². The van der Waals surface area contributed by atoms with Crippen molar-refractivity contribution in [2.45, 2.75) is 50.7 Å². The zero-order valence-corrected chi connectivity index (χ0v) is 9.57. The van der Waals surface area contributed by atoms with Gasteiger partial charge >= 0.3 is 0 Å². The Morgan fingerprint density at radius 1 is 1.20 bits per heavy atom. The summed E-state index contributed by atoms with van der Waals surface area (Å²) in [5, 5.41) is 9.63. The maximum absolute atomic E-state index is 9.63. The molecule has 2 fully saturated rings. The minimum Gasteiger partial charge on any atom is -0.390 e. The van der Waals surface area contributed by atoms with Crippen LogP contribution in [-0.2, 0) is 0 Å². The molecular formula is C12H24N2O. The average molecular weight is 212 g/mol. The maximum atomic E-state index is 9.63. The van der Waals surface area contributed by atoms with Gasteiger partial charge in [0.15, 0.2) is 0 Å². The molecule has 2 aliphatic rings. The summed E-state index contributed by atoms with van der Waals surface area (Å²) in [5.74, 6) is 0.900. The van der Waals surface area contributed by atoms with Crippen LogP contribution in [0.25, 0.3) is 0 Å². The lowest BCUT2D eigenvalue weighted by Crippen LogP contribution is -2.50. The second-order valence-electron chi connectivity index (χ2n) is 5.14. The van der Waals surface area contributed by atoms with E-state index >= 15 is 0 Å². The normalized spacial score (nSPS) is 34.8. The SMILES string of the molecule is NCC(O)CN1CCCC2CCCCC21. The monoisotopic (exact) mass is 212 g/mol. The van der Waals surface area contributed by atoms with Gasteiger partial charge in [0.25, 0.3) is 0 Å². The zero-order chi connectivity index (χ0) is 10.7. The number of rotatable bonds is 3. The molecule has 1 saturated heterocycles. The van der Waals surface area contributed by atoms with E-state index in [1.54, 1.807) is 0 Å². The minimum atomic E-state index is -0.328. The molecule has 0 aromatic carbocycles. The molecule has 1 heterocycles. The molecule has 3 heteroatoms. The predicted molar refractivity (Wildman–Crippen MR) is 61.6 cm³/mol. The first-order chi connectivity index (χ1) is 7.31. The number of hydrogen-bond donors (Lipinski definition) is 2. The molecule has 1 aliphatic heterocycles. The zero-order valence-electron chi connectivity index (χ0n) is 9.57. The molecule has 15 heavy (non-hydrogen) atoms. The van der Waals surface area contributed by atoms with E-state index in [0.717, 1.165) is 25.0 Å². The van der Waals surface area contributed by atoms with E-state index in [4.69, 9.17) is 5.73 Å². The van der Waals surface area contributed by atoms with E-state index in [1.807, 2.05) is 0 Å². The highest BCUT2D eigenvalue weighted by molar-refractivity contribution is 4.88. The van der Waals surface area contributed by atoms with Crippen molar-refractivity contribution in [3.05, 3.63) is 0 Å². The molecule has 2 rings (SSSR count). The first-order valence-corrected chi connectivity index (χ1v) is 6.43. The number of fused-ring (bicyclic) bond motifs is 1. The van der Waals surface area contributed by atoms with Crippen molar-refractivity contribution in [3.63, 3.8) is 0 Å². The van der Waals surface area contributed by atoms with Crippen molar-refractivity contribution in [1.29, 1.82) is 0 Å². The van der Waals surface area contributed by atoms with E-state index in [0.29, 0.717) is 6.54 Å². The van der Waals surface area contributed by atoms with Gasteiger partial charge < -0.3 is 10.8 Å². The lowest BCUT2D eigenvalue weighted by molar-refractivity contribution is 0.0236. The van der Waals surface area contributed by atoms with Gasteiger partial charge in [0, 0.05) is 19.1 Å². The van der Waals surface area contributed by atoms with E-state index in [1.165, 1.54) is 38.5 Å². The van der Waals surface area contributed by atoms with Gasteiger partial charge in [-0.05, 0) is 38.1 Å². The third-order valence-electron chi connectivity index (χ3n) is 4.08. The fourth-order valence-corrected chi connectivity index (χ4v) is 3.30. The fourth-order valence-electron chi connectivity index (χ4n) is 3.30. The molecule has 0 amide bonds. The number of aliphatic hydroxyl groups excluding tert-OH is 1.